The maximum absolute atomic E-state index is 12.2. The molecule has 0 unspecified atom stereocenters. The Morgan fingerprint density at radius 3 is 2.09 bits per heavy atom. The first kappa shape index (κ1) is 15.8. The topological polar surface area (TPSA) is 84.2 Å². The maximum atomic E-state index is 12.2. The fourth-order valence-electron chi connectivity index (χ4n) is 4.99. The first-order chi connectivity index (χ1) is 10.4. The highest BCUT2D eigenvalue weighted by molar-refractivity contribution is 5.87. The fraction of sp³-hybridized carbons (Fsp3) is 0.882. The van der Waals surface area contributed by atoms with Crippen LogP contribution in [0.15, 0.2) is 0 Å². The third-order valence-corrected chi connectivity index (χ3v) is 6.00. The van der Waals surface area contributed by atoms with Crippen molar-refractivity contribution in [1.82, 2.24) is 10.6 Å². The summed E-state index contributed by atoms with van der Waals surface area (Å²) in [5.74, 6) is 2.89. The Bertz CT molecular complexity index is 421. The molecule has 4 N–H and O–H groups in total. The van der Waals surface area contributed by atoms with Crippen molar-refractivity contribution in [2.45, 2.75) is 58.0 Å². The van der Waals surface area contributed by atoms with Gasteiger partial charge in [0.05, 0.1) is 12.6 Å². The second-order valence-corrected chi connectivity index (χ2v) is 8.01. The van der Waals surface area contributed by atoms with Crippen LogP contribution in [0.25, 0.3) is 0 Å². The van der Waals surface area contributed by atoms with Crippen molar-refractivity contribution in [2.75, 3.05) is 6.54 Å². The van der Waals surface area contributed by atoms with Crippen LogP contribution in [0.1, 0.15) is 46.0 Å². The maximum Gasteiger partial charge on any atom is 0.239 e. The quantitative estimate of drug-likeness (QED) is 0.709. The zero-order valence-electron chi connectivity index (χ0n) is 13.7. The van der Waals surface area contributed by atoms with Crippen molar-refractivity contribution in [1.29, 1.82) is 0 Å². The van der Waals surface area contributed by atoms with Crippen LogP contribution in [0, 0.1) is 29.6 Å². The molecule has 1 atom stereocenters. The van der Waals surface area contributed by atoms with E-state index in [4.69, 9.17) is 5.73 Å². The summed E-state index contributed by atoms with van der Waals surface area (Å²) in [5.41, 5.74) is 5.78. The van der Waals surface area contributed by atoms with Crippen LogP contribution in [-0.2, 0) is 9.59 Å². The van der Waals surface area contributed by atoms with Gasteiger partial charge in [0.15, 0.2) is 0 Å². The molecule has 0 radical (unpaired) electrons. The second kappa shape index (κ2) is 6.19. The lowest BCUT2D eigenvalue weighted by atomic mass is 9.54. The first-order valence-corrected chi connectivity index (χ1v) is 8.76. The minimum Gasteiger partial charge on any atom is -0.351 e. The Morgan fingerprint density at radius 1 is 1.05 bits per heavy atom. The summed E-state index contributed by atoms with van der Waals surface area (Å²) in [4.78, 5) is 24.0. The molecular formula is C17H29N3O2. The third-order valence-electron chi connectivity index (χ3n) is 6.00. The van der Waals surface area contributed by atoms with Gasteiger partial charge in [-0.05, 0) is 61.7 Å². The molecule has 2 amide bonds. The molecular weight excluding hydrogens is 278 g/mol. The summed E-state index contributed by atoms with van der Waals surface area (Å²) in [6.45, 7) is 3.85. The van der Waals surface area contributed by atoms with Crippen LogP contribution < -0.4 is 16.4 Å². The molecule has 0 aromatic heterocycles. The smallest absolute Gasteiger partial charge is 0.239 e. The van der Waals surface area contributed by atoms with Crippen LogP contribution in [0.3, 0.4) is 0 Å². The summed E-state index contributed by atoms with van der Waals surface area (Å²) in [6, 6.07) is -0.218. The van der Waals surface area contributed by atoms with E-state index >= 15 is 0 Å². The molecule has 4 aliphatic carbocycles. The van der Waals surface area contributed by atoms with Crippen LogP contribution in [0.5, 0.6) is 0 Å². The molecule has 22 heavy (non-hydrogen) atoms. The number of nitrogens with two attached hydrogens (primary N) is 1. The van der Waals surface area contributed by atoms with Gasteiger partial charge in [0.2, 0.25) is 11.8 Å². The van der Waals surface area contributed by atoms with Gasteiger partial charge < -0.3 is 16.4 Å². The molecule has 124 valence electrons. The third kappa shape index (κ3) is 3.14. The summed E-state index contributed by atoms with van der Waals surface area (Å²) in [5, 5.41) is 5.85. The van der Waals surface area contributed by atoms with Gasteiger partial charge in [-0.3, -0.25) is 9.59 Å². The van der Waals surface area contributed by atoms with Gasteiger partial charge in [-0.1, -0.05) is 13.8 Å². The number of carbonyl (C=O) groups excluding carboxylic acids is 2. The molecule has 4 rings (SSSR count). The van der Waals surface area contributed by atoms with Gasteiger partial charge in [0.25, 0.3) is 0 Å². The van der Waals surface area contributed by atoms with Gasteiger partial charge >= 0.3 is 0 Å². The number of rotatable bonds is 5. The zero-order valence-corrected chi connectivity index (χ0v) is 13.7. The minimum atomic E-state index is -0.547. The van der Waals surface area contributed by atoms with E-state index in [1.54, 1.807) is 0 Å². The van der Waals surface area contributed by atoms with Crippen molar-refractivity contribution in [3.63, 3.8) is 0 Å². The van der Waals surface area contributed by atoms with E-state index in [-0.39, 0.29) is 24.3 Å². The second-order valence-electron chi connectivity index (χ2n) is 8.01. The monoisotopic (exact) mass is 307 g/mol. The molecule has 4 fully saturated rings. The van der Waals surface area contributed by atoms with Crippen LogP contribution in [-0.4, -0.2) is 30.4 Å². The molecule has 0 aromatic rings. The van der Waals surface area contributed by atoms with Crippen LogP contribution >= 0.6 is 0 Å². The Balaban J connectivity index is 1.47. The number of nitrogens with one attached hydrogen (secondary N) is 2. The molecule has 0 heterocycles. The van der Waals surface area contributed by atoms with Gasteiger partial charge in [-0.25, -0.2) is 0 Å². The Kier molecular flexibility index (Phi) is 4.44. The molecule has 5 nitrogen and oxygen atoms in total. The summed E-state index contributed by atoms with van der Waals surface area (Å²) in [6.07, 6.45) is 6.53. The van der Waals surface area contributed by atoms with Gasteiger partial charge in [0.1, 0.15) is 0 Å². The standard InChI is InChI=1S/C17H29N3O2/c1-9(2)15(18)17(22)19-8-14(21)20-16-12-4-10-3-11(6-12)7-13(16)5-10/h9-13,15-16H,3-8,18H2,1-2H3,(H,19,22)(H,20,21)/t10?,11?,12?,13?,15-,16?/m0/s1. The summed E-state index contributed by atoms with van der Waals surface area (Å²) < 4.78 is 0. The molecule has 4 bridgehead atoms. The largest absolute Gasteiger partial charge is 0.351 e. The van der Waals surface area contributed by atoms with Crippen LogP contribution in [0.4, 0.5) is 0 Å². The van der Waals surface area contributed by atoms with Gasteiger partial charge in [0, 0.05) is 6.04 Å². The molecule has 5 heteroatoms. The molecule has 0 spiro atoms. The van der Waals surface area contributed by atoms with E-state index < -0.39 is 6.04 Å². The lowest BCUT2D eigenvalue weighted by Crippen LogP contribution is -2.57. The number of hydrogen-bond donors (Lipinski definition) is 3. The zero-order chi connectivity index (χ0) is 15.9. The normalized spacial score (nSPS) is 37.2. The molecule has 4 aliphatic rings. The highest BCUT2D eigenvalue weighted by Gasteiger charge is 2.48. The lowest BCUT2D eigenvalue weighted by Gasteiger charge is -2.54. The van der Waals surface area contributed by atoms with E-state index in [1.807, 2.05) is 13.8 Å². The Labute approximate surface area is 132 Å². The predicted molar refractivity (Wildman–Crippen MR) is 84.8 cm³/mol. The summed E-state index contributed by atoms with van der Waals surface area (Å²) in [7, 11) is 0. The first-order valence-electron chi connectivity index (χ1n) is 8.76. The number of hydrogen-bond acceptors (Lipinski definition) is 3. The fourth-order valence-corrected chi connectivity index (χ4v) is 4.99. The van der Waals surface area contributed by atoms with Crippen molar-refractivity contribution in [3.05, 3.63) is 0 Å². The van der Waals surface area contributed by atoms with Crippen molar-refractivity contribution in [3.8, 4) is 0 Å². The Hall–Kier alpha value is -1.10. The van der Waals surface area contributed by atoms with Crippen molar-refractivity contribution < 1.29 is 9.59 Å². The van der Waals surface area contributed by atoms with E-state index in [0.717, 1.165) is 11.8 Å². The van der Waals surface area contributed by atoms with E-state index in [0.29, 0.717) is 17.9 Å². The minimum absolute atomic E-state index is 0.0437. The van der Waals surface area contributed by atoms with E-state index in [2.05, 4.69) is 10.6 Å². The number of carbonyl (C=O) groups is 2. The predicted octanol–water partition coefficient (Wildman–Crippen LogP) is 1.03. The highest BCUT2D eigenvalue weighted by atomic mass is 16.2. The van der Waals surface area contributed by atoms with Gasteiger partial charge in [-0.2, -0.15) is 0 Å². The number of amides is 2. The van der Waals surface area contributed by atoms with E-state index in [1.165, 1.54) is 32.1 Å². The average Bonchev–Trinajstić information content (AvgIpc) is 2.46. The molecule has 0 aliphatic heterocycles. The van der Waals surface area contributed by atoms with Crippen LogP contribution in [0.2, 0.25) is 0 Å². The highest BCUT2D eigenvalue weighted by Crippen LogP contribution is 2.53. The van der Waals surface area contributed by atoms with Crippen molar-refractivity contribution in [2.24, 2.45) is 35.3 Å². The summed E-state index contributed by atoms with van der Waals surface area (Å²) >= 11 is 0. The Morgan fingerprint density at radius 2 is 1.59 bits per heavy atom. The molecule has 0 saturated heterocycles. The van der Waals surface area contributed by atoms with E-state index in [9.17, 15) is 9.59 Å². The lowest BCUT2D eigenvalue weighted by molar-refractivity contribution is -0.129. The average molecular weight is 307 g/mol. The van der Waals surface area contributed by atoms with Gasteiger partial charge in [-0.15, -0.1) is 0 Å². The molecule has 4 saturated carbocycles. The van der Waals surface area contributed by atoms with Crippen molar-refractivity contribution >= 4 is 11.8 Å². The molecule has 0 aromatic carbocycles. The SMILES string of the molecule is CC(C)[C@H](N)C(=O)NCC(=O)NC1C2CC3CC(C2)CC1C3.